The van der Waals surface area contributed by atoms with Gasteiger partial charge in [-0.1, -0.05) is 0 Å². The summed E-state index contributed by atoms with van der Waals surface area (Å²) in [6.45, 7) is 0.608. The van der Waals surface area contributed by atoms with E-state index in [0.717, 1.165) is 24.3 Å². The molecule has 0 radical (unpaired) electrons. The fourth-order valence-corrected chi connectivity index (χ4v) is 2.61. The number of urea groups is 1. The van der Waals surface area contributed by atoms with Crippen LogP contribution in [-0.2, 0) is 4.79 Å². The Kier molecular flexibility index (Phi) is 4.67. The van der Waals surface area contributed by atoms with Gasteiger partial charge in [0.05, 0.1) is 13.5 Å². The molecule has 0 saturated carbocycles. The molecule has 0 spiro atoms. The third kappa shape index (κ3) is 3.45. The number of carboxylic acids is 1. The van der Waals surface area contributed by atoms with Gasteiger partial charge in [-0.2, -0.15) is 0 Å². The topological polar surface area (TPSA) is 70.1 Å². The number of methoxy groups -OCH3 is 1. The molecule has 1 heterocycles. The van der Waals surface area contributed by atoms with Crippen LogP contribution in [0.25, 0.3) is 0 Å². The summed E-state index contributed by atoms with van der Waals surface area (Å²) in [6, 6.07) is 6.81. The number of rotatable bonds is 4. The minimum absolute atomic E-state index is 0.00218. The van der Waals surface area contributed by atoms with Crippen molar-refractivity contribution in [1.29, 1.82) is 0 Å². The zero-order chi connectivity index (χ0) is 15.4. The molecular formula is C15H20N2O4. The largest absolute Gasteiger partial charge is 0.497 e. The molecule has 1 saturated heterocycles. The van der Waals surface area contributed by atoms with Crippen LogP contribution < -0.4 is 9.64 Å². The van der Waals surface area contributed by atoms with Gasteiger partial charge in [-0.3, -0.25) is 9.69 Å². The molecule has 2 amide bonds. The van der Waals surface area contributed by atoms with E-state index in [1.807, 2.05) is 0 Å². The van der Waals surface area contributed by atoms with Crippen LogP contribution >= 0.6 is 0 Å². The van der Waals surface area contributed by atoms with Gasteiger partial charge in [0, 0.05) is 25.3 Å². The van der Waals surface area contributed by atoms with E-state index < -0.39 is 5.97 Å². The fraction of sp³-hybridized carbons (Fsp3) is 0.467. The Morgan fingerprint density at radius 1 is 1.38 bits per heavy atom. The minimum atomic E-state index is -0.869. The monoisotopic (exact) mass is 292 g/mol. The maximum atomic E-state index is 12.5. The van der Waals surface area contributed by atoms with E-state index in [1.54, 1.807) is 48.2 Å². The van der Waals surface area contributed by atoms with Crippen LogP contribution in [0.2, 0.25) is 0 Å². The SMILES string of the molecule is COc1ccc(N(C)C(=O)N2CCCC2CC(=O)O)cc1. The van der Waals surface area contributed by atoms with Crippen molar-refractivity contribution in [3.63, 3.8) is 0 Å². The summed E-state index contributed by atoms with van der Waals surface area (Å²) >= 11 is 0. The molecule has 6 heteroatoms. The van der Waals surface area contributed by atoms with E-state index in [0.29, 0.717) is 6.54 Å². The molecule has 6 nitrogen and oxygen atoms in total. The highest BCUT2D eigenvalue weighted by atomic mass is 16.5. The molecule has 1 atom stereocenters. The Morgan fingerprint density at radius 2 is 2.05 bits per heavy atom. The first-order chi connectivity index (χ1) is 10.0. The number of carbonyl (C=O) groups excluding carboxylic acids is 1. The molecule has 0 bridgehead atoms. The van der Waals surface area contributed by atoms with E-state index >= 15 is 0 Å². The van der Waals surface area contributed by atoms with Crippen molar-refractivity contribution in [2.45, 2.75) is 25.3 Å². The second-order valence-electron chi connectivity index (χ2n) is 5.13. The summed E-state index contributed by atoms with van der Waals surface area (Å²) in [7, 11) is 3.28. The molecule has 114 valence electrons. The number of carboxylic acid groups (broad SMARTS) is 1. The Balaban J connectivity index is 2.08. The second-order valence-corrected chi connectivity index (χ2v) is 5.13. The van der Waals surface area contributed by atoms with Gasteiger partial charge in [-0.25, -0.2) is 4.79 Å². The smallest absolute Gasteiger partial charge is 0.324 e. The number of benzene rings is 1. The lowest BCUT2D eigenvalue weighted by Crippen LogP contribution is -2.44. The quantitative estimate of drug-likeness (QED) is 0.923. The lowest BCUT2D eigenvalue weighted by Gasteiger charge is -2.29. The maximum Gasteiger partial charge on any atom is 0.324 e. The van der Waals surface area contributed by atoms with Gasteiger partial charge in [0.1, 0.15) is 5.75 Å². The molecule has 2 rings (SSSR count). The molecular weight excluding hydrogens is 272 g/mol. The van der Waals surface area contributed by atoms with Crippen molar-refractivity contribution in [3.05, 3.63) is 24.3 Å². The Morgan fingerprint density at radius 3 is 2.62 bits per heavy atom. The van der Waals surface area contributed by atoms with Crippen LogP contribution in [-0.4, -0.2) is 48.8 Å². The predicted molar refractivity (Wildman–Crippen MR) is 78.8 cm³/mol. The number of ether oxygens (including phenoxy) is 1. The van der Waals surface area contributed by atoms with Crippen LogP contribution in [0, 0.1) is 0 Å². The molecule has 21 heavy (non-hydrogen) atoms. The molecule has 0 aromatic heterocycles. The summed E-state index contributed by atoms with van der Waals surface area (Å²) < 4.78 is 5.09. The van der Waals surface area contributed by atoms with Gasteiger partial charge >= 0.3 is 12.0 Å². The van der Waals surface area contributed by atoms with Gasteiger partial charge in [0.2, 0.25) is 0 Å². The van der Waals surface area contributed by atoms with Crippen molar-refractivity contribution in [2.24, 2.45) is 0 Å². The number of hydrogen-bond donors (Lipinski definition) is 1. The molecule has 1 aromatic rings. The third-order valence-corrected chi connectivity index (χ3v) is 3.78. The molecule has 1 unspecified atom stereocenters. The van der Waals surface area contributed by atoms with E-state index in [2.05, 4.69) is 0 Å². The third-order valence-electron chi connectivity index (χ3n) is 3.78. The zero-order valence-electron chi connectivity index (χ0n) is 12.3. The minimum Gasteiger partial charge on any atom is -0.497 e. The maximum absolute atomic E-state index is 12.5. The average Bonchev–Trinajstić information content (AvgIpc) is 2.93. The molecule has 1 N–H and O–H groups in total. The standard InChI is InChI=1S/C15H20N2O4/c1-16(11-5-7-13(21-2)8-6-11)15(20)17-9-3-4-12(17)10-14(18)19/h5-8,12H,3-4,9-10H2,1-2H3,(H,18,19). The van der Waals surface area contributed by atoms with E-state index in [9.17, 15) is 9.59 Å². The first kappa shape index (κ1) is 15.2. The van der Waals surface area contributed by atoms with Gasteiger partial charge < -0.3 is 14.7 Å². The van der Waals surface area contributed by atoms with E-state index in [-0.39, 0.29) is 18.5 Å². The van der Waals surface area contributed by atoms with Gasteiger partial charge in [-0.05, 0) is 37.1 Å². The highest BCUT2D eigenvalue weighted by molar-refractivity contribution is 5.92. The van der Waals surface area contributed by atoms with Crippen LogP contribution in [0.5, 0.6) is 5.75 Å². The molecule has 1 aliphatic rings. The zero-order valence-corrected chi connectivity index (χ0v) is 12.3. The van der Waals surface area contributed by atoms with Crippen LogP contribution in [0.15, 0.2) is 24.3 Å². The van der Waals surface area contributed by atoms with Crippen LogP contribution in [0.1, 0.15) is 19.3 Å². The van der Waals surface area contributed by atoms with E-state index in [4.69, 9.17) is 9.84 Å². The lowest BCUT2D eigenvalue weighted by atomic mass is 10.1. The van der Waals surface area contributed by atoms with Crippen molar-refractivity contribution in [3.8, 4) is 5.75 Å². The van der Waals surface area contributed by atoms with Crippen molar-refractivity contribution in [1.82, 2.24) is 4.90 Å². The summed E-state index contributed by atoms with van der Waals surface area (Å²) in [4.78, 5) is 26.6. The van der Waals surface area contributed by atoms with Crippen LogP contribution in [0.4, 0.5) is 10.5 Å². The second kappa shape index (κ2) is 6.47. The van der Waals surface area contributed by atoms with E-state index in [1.165, 1.54) is 0 Å². The van der Waals surface area contributed by atoms with Gasteiger partial charge in [0.15, 0.2) is 0 Å². The number of aliphatic carboxylic acids is 1. The Labute approximate surface area is 123 Å². The Hall–Kier alpha value is -2.24. The number of likely N-dealkylation sites (tertiary alicyclic amines) is 1. The predicted octanol–water partition coefficient (Wildman–Crippen LogP) is 2.19. The van der Waals surface area contributed by atoms with Gasteiger partial charge in [-0.15, -0.1) is 0 Å². The van der Waals surface area contributed by atoms with Crippen molar-refractivity contribution in [2.75, 3.05) is 25.6 Å². The molecule has 1 fully saturated rings. The van der Waals surface area contributed by atoms with Gasteiger partial charge in [0.25, 0.3) is 0 Å². The Bertz CT molecular complexity index is 515. The number of amides is 2. The van der Waals surface area contributed by atoms with Crippen LogP contribution in [0.3, 0.4) is 0 Å². The summed E-state index contributed by atoms with van der Waals surface area (Å²) in [5.41, 5.74) is 0.752. The fourth-order valence-electron chi connectivity index (χ4n) is 2.61. The normalized spacial score (nSPS) is 17.6. The number of nitrogens with zero attached hydrogens (tertiary/aromatic N) is 2. The van der Waals surface area contributed by atoms with Crippen molar-refractivity contribution < 1.29 is 19.4 Å². The molecule has 1 aliphatic heterocycles. The summed E-state index contributed by atoms with van der Waals surface area (Å²) in [5.74, 6) is -0.142. The highest BCUT2D eigenvalue weighted by Gasteiger charge is 2.32. The highest BCUT2D eigenvalue weighted by Crippen LogP contribution is 2.24. The lowest BCUT2D eigenvalue weighted by molar-refractivity contribution is -0.137. The number of hydrogen-bond acceptors (Lipinski definition) is 3. The molecule has 1 aromatic carbocycles. The average molecular weight is 292 g/mol. The first-order valence-electron chi connectivity index (χ1n) is 6.93. The summed E-state index contributed by atoms with van der Waals surface area (Å²) in [6.07, 6.45) is 1.59. The summed E-state index contributed by atoms with van der Waals surface area (Å²) in [5, 5.41) is 8.92. The van der Waals surface area contributed by atoms with Crippen molar-refractivity contribution >= 4 is 17.7 Å². The number of anilines is 1. The first-order valence-corrected chi connectivity index (χ1v) is 6.93. The molecule has 0 aliphatic carbocycles. The number of carbonyl (C=O) groups is 2.